The summed E-state index contributed by atoms with van der Waals surface area (Å²) in [5.74, 6) is -2.66. The number of carbonyl (C=O) groups excluding carboxylic acids is 2. The van der Waals surface area contributed by atoms with Crippen LogP contribution in [0.2, 0.25) is 0 Å². The molecule has 0 aromatic heterocycles. The average Bonchev–Trinajstić information content (AvgIpc) is 2.42. The van der Waals surface area contributed by atoms with Gasteiger partial charge in [0.1, 0.15) is 5.82 Å². The summed E-state index contributed by atoms with van der Waals surface area (Å²) < 4.78 is 22.0. The van der Waals surface area contributed by atoms with Crippen molar-refractivity contribution in [3.8, 4) is 0 Å². The van der Waals surface area contributed by atoms with E-state index < -0.39 is 17.9 Å². The van der Waals surface area contributed by atoms with Crippen molar-refractivity contribution in [2.75, 3.05) is 14.2 Å². The minimum Gasteiger partial charge on any atom is -0.468 e. The quantitative estimate of drug-likeness (QED) is 0.605. The summed E-state index contributed by atoms with van der Waals surface area (Å²) in [7, 11) is 2.41. The van der Waals surface area contributed by atoms with Gasteiger partial charge in [-0.05, 0) is 24.1 Å². The van der Waals surface area contributed by atoms with Crippen LogP contribution in [0.3, 0.4) is 0 Å². The smallest absolute Gasteiger partial charge is 0.320 e. The van der Waals surface area contributed by atoms with Crippen molar-refractivity contribution in [1.82, 2.24) is 0 Å². The molecule has 0 N–H and O–H groups in total. The number of rotatable bonds is 5. The lowest BCUT2D eigenvalue weighted by atomic mass is 10.0. The normalized spacial score (nSPS) is 10.7. The number of esters is 2. The molecule has 5 heteroatoms. The molecular weight excluding hydrogens is 251 g/mol. The highest BCUT2D eigenvalue weighted by molar-refractivity contribution is 5.95. The van der Waals surface area contributed by atoms with Crippen LogP contribution < -0.4 is 0 Å². The molecule has 0 fully saturated rings. The number of methoxy groups -OCH3 is 2. The Hall–Kier alpha value is -2.17. The molecule has 1 rings (SSSR count). The van der Waals surface area contributed by atoms with Crippen molar-refractivity contribution in [1.29, 1.82) is 0 Å². The first-order valence-corrected chi connectivity index (χ1v) is 5.66. The molecule has 0 unspecified atom stereocenters. The third-order valence-corrected chi connectivity index (χ3v) is 2.50. The van der Waals surface area contributed by atoms with E-state index in [0.29, 0.717) is 5.56 Å². The van der Waals surface area contributed by atoms with E-state index in [4.69, 9.17) is 0 Å². The number of hydrogen-bond acceptors (Lipinski definition) is 4. The van der Waals surface area contributed by atoms with Gasteiger partial charge >= 0.3 is 11.9 Å². The van der Waals surface area contributed by atoms with Gasteiger partial charge in [0.25, 0.3) is 0 Å². The van der Waals surface area contributed by atoms with Crippen LogP contribution >= 0.6 is 0 Å². The van der Waals surface area contributed by atoms with E-state index in [2.05, 4.69) is 9.47 Å². The van der Waals surface area contributed by atoms with Gasteiger partial charge in [0.15, 0.2) is 5.92 Å². The van der Waals surface area contributed by atoms with Crippen LogP contribution in [-0.4, -0.2) is 26.2 Å². The van der Waals surface area contributed by atoms with Crippen LogP contribution in [0.25, 0.3) is 6.08 Å². The van der Waals surface area contributed by atoms with Crippen LogP contribution in [-0.2, 0) is 19.1 Å². The summed E-state index contributed by atoms with van der Waals surface area (Å²) in [4.78, 5) is 22.8. The van der Waals surface area contributed by atoms with Gasteiger partial charge in [0, 0.05) is 0 Å². The van der Waals surface area contributed by atoms with Gasteiger partial charge in [-0.15, -0.1) is 0 Å². The summed E-state index contributed by atoms with van der Waals surface area (Å²) in [5.41, 5.74) is 0.647. The lowest BCUT2D eigenvalue weighted by Crippen LogP contribution is -2.25. The summed E-state index contributed by atoms with van der Waals surface area (Å²) in [5, 5.41) is 0. The first-order chi connectivity index (χ1) is 9.08. The minimum atomic E-state index is -1.00. The molecule has 1 aromatic rings. The number of allylic oxidation sites excluding steroid dienone is 1. The monoisotopic (exact) mass is 266 g/mol. The maximum Gasteiger partial charge on any atom is 0.320 e. The molecule has 0 amide bonds. The number of benzene rings is 1. The molecule has 0 saturated heterocycles. The summed E-state index contributed by atoms with van der Waals surface area (Å²) >= 11 is 0. The van der Waals surface area contributed by atoms with Gasteiger partial charge in [-0.3, -0.25) is 9.59 Å². The minimum absolute atomic E-state index is 0.135. The zero-order valence-corrected chi connectivity index (χ0v) is 10.8. The Labute approximate surface area is 110 Å². The topological polar surface area (TPSA) is 52.6 Å². The molecule has 0 heterocycles. The van der Waals surface area contributed by atoms with Crippen LogP contribution in [0.5, 0.6) is 0 Å². The molecule has 0 bridgehead atoms. The van der Waals surface area contributed by atoms with Gasteiger partial charge in [-0.2, -0.15) is 0 Å². The molecule has 0 radical (unpaired) electrons. The number of hydrogen-bond donors (Lipinski definition) is 0. The van der Waals surface area contributed by atoms with Crippen molar-refractivity contribution in [2.24, 2.45) is 5.92 Å². The molecule has 102 valence electrons. The third-order valence-electron chi connectivity index (χ3n) is 2.50. The lowest BCUT2D eigenvalue weighted by molar-refractivity contribution is -0.158. The van der Waals surface area contributed by atoms with Crippen molar-refractivity contribution in [2.45, 2.75) is 6.42 Å². The molecule has 19 heavy (non-hydrogen) atoms. The molecule has 0 atom stereocenters. The Morgan fingerprint density at radius 2 is 1.89 bits per heavy atom. The van der Waals surface area contributed by atoms with Crippen molar-refractivity contribution < 1.29 is 23.5 Å². The van der Waals surface area contributed by atoms with E-state index in [0.717, 1.165) is 0 Å². The van der Waals surface area contributed by atoms with Crippen LogP contribution in [0, 0.1) is 11.7 Å². The fourth-order valence-corrected chi connectivity index (χ4v) is 1.52. The number of halogens is 1. The second kappa shape index (κ2) is 7.31. The molecule has 0 aliphatic heterocycles. The third kappa shape index (κ3) is 4.54. The summed E-state index contributed by atoms with van der Waals surface area (Å²) in [6.45, 7) is 0. The predicted molar refractivity (Wildman–Crippen MR) is 67.6 cm³/mol. The Morgan fingerprint density at radius 3 is 2.42 bits per heavy atom. The van der Waals surface area contributed by atoms with E-state index >= 15 is 0 Å². The summed E-state index contributed by atoms with van der Waals surface area (Å²) in [6, 6.07) is 5.98. The largest absolute Gasteiger partial charge is 0.468 e. The van der Waals surface area contributed by atoms with E-state index in [9.17, 15) is 14.0 Å². The Kier molecular flexibility index (Phi) is 5.73. The van der Waals surface area contributed by atoms with E-state index in [1.165, 1.54) is 26.4 Å². The molecule has 0 aliphatic rings. The molecule has 4 nitrogen and oxygen atoms in total. The zero-order valence-electron chi connectivity index (χ0n) is 10.8. The number of ether oxygens (including phenoxy) is 2. The maximum atomic E-state index is 12.9. The average molecular weight is 266 g/mol. The second-order valence-corrected chi connectivity index (χ2v) is 3.79. The zero-order chi connectivity index (χ0) is 14.3. The summed E-state index contributed by atoms with van der Waals surface area (Å²) in [6.07, 6.45) is 3.37. The van der Waals surface area contributed by atoms with Crippen molar-refractivity contribution >= 4 is 18.0 Å². The van der Waals surface area contributed by atoms with Gasteiger partial charge < -0.3 is 9.47 Å². The van der Waals surface area contributed by atoms with E-state index in [1.807, 2.05) is 0 Å². The first kappa shape index (κ1) is 14.9. The van der Waals surface area contributed by atoms with E-state index in [1.54, 1.807) is 24.3 Å². The molecule has 0 aliphatic carbocycles. The predicted octanol–water partition coefficient (Wildman–Crippen LogP) is 2.19. The molecule has 0 spiro atoms. The van der Waals surface area contributed by atoms with Gasteiger partial charge in [0.2, 0.25) is 0 Å². The van der Waals surface area contributed by atoms with Crippen LogP contribution in [0.1, 0.15) is 12.0 Å². The van der Waals surface area contributed by atoms with E-state index in [-0.39, 0.29) is 12.2 Å². The fraction of sp³-hybridized carbons (Fsp3) is 0.286. The maximum absolute atomic E-state index is 12.9. The fourth-order valence-electron chi connectivity index (χ4n) is 1.52. The van der Waals surface area contributed by atoms with Crippen molar-refractivity contribution in [3.05, 3.63) is 41.7 Å². The lowest BCUT2D eigenvalue weighted by Gasteiger charge is -2.09. The molecular formula is C14H15FO4. The molecule has 1 aromatic carbocycles. The second-order valence-electron chi connectivity index (χ2n) is 3.79. The Morgan fingerprint density at radius 1 is 1.26 bits per heavy atom. The molecule has 0 saturated carbocycles. The Balaban J connectivity index is 2.71. The highest BCUT2D eigenvalue weighted by Crippen LogP contribution is 2.12. The highest BCUT2D eigenvalue weighted by Gasteiger charge is 2.26. The first-order valence-electron chi connectivity index (χ1n) is 5.66. The van der Waals surface area contributed by atoms with Gasteiger partial charge in [-0.1, -0.05) is 24.3 Å². The van der Waals surface area contributed by atoms with Crippen LogP contribution in [0.15, 0.2) is 30.3 Å². The van der Waals surface area contributed by atoms with Gasteiger partial charge in [0.05, 0.1) is 14.2 Å². The van der Waals surface area contributed by atoms with Crippen LogP contribution in [0.4, 0.5) is 4.39 Å². The Bertz CT molecular complexity index is 466. The standard InChI is InChI=1S/C14H15FO4/c1-18-13(16)12(14(17)19-2)8-4-6-10-5-3-7-11(15)9-10/h3-7,9,12H,8H2,1-2H3/b6-4+. The number of carbonyl (C=O) groups is 2. The van der Waals surface area contributed by atoms with Crippen molar-refractivity contribution in [3.63, 3.8) is 0 Å². The van der Waals surface area contributed by atoms with Gasteiger partial charge in [-0.25, -0.2) is 4.39 Å². The highest BCUT2D eigenvalue weighted by atomic mass is 19.1. The SMILES string of the molecule is COC(=O)C(C/C=C/c1cccc(F)c1)C(=O)OC.